The first-order valence-electron chi connectivity index (χ1n) is 8.17. The smallest absolute Gasteiger partial charge is 0.429 e. The van der Waals surface area contributed by atoms with Crippen LogP contribution in [0.3, 0.4) is 0 Å². The second-order valence-electron chi connectivity index (χ2n) is 7.25. The van der Waals surface area contributed by atoms with E-state index >= 15 is 0 Å². The van der Waals surface area contributed by atoms with Crippen molar-refractivity contribution < 1.29 is 24.4 Å². The molecule has 144 valence electrons. The third-order valence-corrected chi connectivity index (χ3v) is 3.21. The zero-order chi connectivity index (χ0) is 20.1. The predicted molar refractivity (Wildman–Crippen MR) is 95.7 cm³/mol. The van der Waals surface area contributed by atoms with Crippen LogP contribution >= 0.6 is 0 Å². The number of carboxylic acid groups (broad SMARTS) is 1. The van der Waals surface area contributed by atoms with Crippen molar-refractivity contribution in [3.8, 4) is 0 Å². The summed E-state index contributed by atoms with van der Waals surface area (Å²) in [6.07, 6.45) is -0.641. The van der Waals surface area contributed by atoms with Crippen LogP contribution in [0.15, 0.2) is 24.3 Å². The third-order valence-electron chi connectivity index (χ3n) is 3.21. The number of anilines is 1. The lowest BCUT2D eigenvalue weighted by atomic mass is 10.0. The van der Waals surface area contributed by atoms with Crippen LogP contribution in [-0.2, 0) is 9.53 Å². The lowest BCUT2D eigenvalue weighted by molar-refractivity contribution is -0.384. The van der Waals surface area contributed by atoms with E-state index in [1.165, 1.54) is 24.3 Å². The highest BCUT2D eigenvalue weighted by atomic mass is 16.6. The van der Waals surface area contributed by atoms with Crippen molar-refractivity contribution in [1.29, 1.82) is 0 Å². The molecule has 0 saturated heterocycles. The van der Waals surface area contributed by atoms with Gasteiger partial charge in [0.2, 0.25) is 0 Å². The lowest BCUT2D eigenvalue weighted by Gasteiger charge is -2.32. The Morgan fingerprint density at radius 2 is 1.81 bits per heavy atom. The van der Waals surface area contributed by atoms with Gasteiger partial charge in [0.05, 0.1) is 10.6 Å². The minimum absolute atomic E-state index is 0.0136. The Bertz CT molecular complexity index is 651. The van der Waals surface area contributed by atoms with E-state index in [-0.39, 0.29) is 18.0 Å². The monoisotopic (exact) mass is 367 g/mol. The van der Waals surface area contributed by atoms with Gasteiger partial charge < -0.3 is 9.84 Å². The molecule has 1 aromatic rings. The number of non-ortho nitro benzene ring substituents is 1. The van der Waals surface area contributed by atoms with Crippen LogP contribution < -0.4 is 5.43 Å². The quantitative estimate of drug-likeness (QED) is 0.557. The molecule has 1 amide bonds. The van der Waals surface area contributed by atoms with Crippen LogP contribution in [-0.4, -0.2) is 38.7 Å². The second-order valence-corrected chi connectivity index (χ2v) is 7.25. The zero-order valence-electron chi connectivity index (χ0n) is 15.6. The van der Waals surface area contributed by atoms with Gasteiger partial charge in [0, 0.05) is 12.1 Å². The number of nitrogens with zero attached hydrogens (tertiary/aromatic N) is 2. The number of ether oxygens (including phenoxy) is 1. The van der Waals surface area contributed by atoms with E-state index in [0.29, 0.717) is 5.69 Å². The van der Waals surface area contributed by atoms with Crippen molar-refractivity contribution in [2.75, 3.05) is 5.43 Å². The number of amides is 1. The molecule has 0 heterocycles. The fourth-order valence-corrected chi connectivity index (χ4v) is 2.12. The van der Waals surface area contributed by atoms with E-state index in [2.05, 4.69) is 5.43 Å². The summed E-state index contributed by atoms with van der Waals surface area (Å²) >= 11 is 0. The largest absolute Gasteiger partial charge is 0.480 e. The van der Waals surface area contributed by atoms with Gasteiger partial charge in [0.15, 0.2) is 6.04 Å². The average molecular weight is 367 g/mol. The number of benzene rings is 1. The Labute approximate surface area is 152 Å². The molecule has 0 unspecified atom stereocenters. The highest BCUT2D eigenvalue weighted by Crippen LogP contribution is 2.21. The Balaban J connectivity index is 3.14. The number of nitro benzene ring substituents is 1. The van der Waals surface area contributed by atoms with Crippen LogP contribution in [0, 0.1) is 16.0 Å². The number of hydrogen-bond donors (Lipinski definition) is 2. The Kier molecular flexibility index (Phi) is 6.93. The Hall–Kier alpha value is -2.84. The molecule has 0 radical (unpaired) electrons. The first-order valence-corrected chi connectivity index (χ1v) is 8.17. The normalized spacial score (nSPS) is 12.4. The van der Waals surface area contributed by atoms with Gasteiger partial charge in [-0.15, -0.1) is 0 Å². The van der Waals surface area contributed by atoms with Crippen LogP contribution in [0.25, 0.3) is 0 Å². The predicted octanol–water partition coefficient (Wildman–Crippen LogP) is 3.66. The highest BCUT2D eigenvalue weighted by Gasteiger charge is 2.34. The number of rotatable bonds is 7. The maximum absolute atomic E-state index is 12.5. The number of nitro groups is 1. The number of carbonyl (C=O) groups is 2. The number of hydrazine groups is 1. The minimum atomic E-state index is -1.18. The number of hydrogen-bond acceptors (Lipinski definition) is 6. The zero-order valence-corrected chi connectivity index (χ0v) is 15.6. The maximum atomic E-state index is 12.5. The summed E-state index contributed by atoms with van der Waals surface area (Å²) < 4.78 is 5.30. The summed E-state index contributed by atoms with van der Waals surface area (Å²) in [6.45, 7) is 8.71. The van der Waals surface area contributed by atoms with Crippen LogP contribution in [0.5, 0.6) is 0 Å². The van der Waals surface area contributed by atoms with Gasteiger partial charge >= 0.3 is 12.1 Å². The molecule has 0 saturated carbocycles. The fourth-order valence-electron chi connectivity index (χ4n) is 2.12. The Morgan fingerprint density at radius 3 is 2.19 bits per heavy atom. The molecular weight excluding hydrogens is 342 g/mol. The molecule has 0 spiro atoms. The van der Waals surface area contributed by atoms with Crippen molar-refractivity contribution >= 4 is 23.4 Å². The topological polar surface area (TPSA) is 122 Å². The first-order chi connectivity index (χ1) is 11.9. The van der Waals surface area contributed by atoms with Crippen molar-refractivity contribution in [2.24, 2.45) is 5.92 Å². The molecule has 1 atom stereocenters. The van der Waals surface area contributed by atoms with Crippen molar-refractivity contribution in [3.63, 3.8) is 0 Å². The molecule has 0 aromatic heterocycles. The molecular formula is C17H25N3O6. The van der Waals surface area contributed by atoms with E-state index in [0.717, 1.165) is 5.01 Å². The number of nitrogens with one attached hydrogen (secondary N) is 1. The number of carboxylic acids is 1. The maximum Gasteiger partial charge on any atom is 0.429 e. The minimum Gasteiger partial charge on any atom is -0.480 e. The molecule has 2 N–H and O–H groups in total. The summed E-state index contributed by atoms with van der Waals surface area (Å²) in [6, 6.07) is 4.13. The SMILES string of the molecule is CC(C)C[C@@H](C(=O)O)N(Nc1ccc([N+](=O)[O-])cc1)C(=O)OC(C)(C)C. The summed E-state index contributed by atoms with van der Waals surface area (Å²) in [7, 11) is 0. The van der Waals surface area contributed by atoms with Gasteiger partial charge in [-0.1, -0.05) is 13.8 Å². The van der Waals surface area contributed by atoms with Gasteiger partial charge in [-0.2, -0.15) is 0 Å². The molecule has 26 heavy (non-hydrogen) atoms. The van der Waals surface area contributed by atoms with Gasteiger partial charge in [0.25, 0.3) is 5.69 Å². The van der Waals surface area contributed by atoms with Crippen LogP contribution in [0.2, 0.25) is 0 Å². The van der Waals surface area contributed by atoms with Crippen molar-refractivity contribution in [1.82, 2.24) is 5.01 Å². The standard InChI is InChI=1S/C17H25N3O6/c1-11(2)10-14(15(21)22)19(16(23)26-17(3,4)5)18-12-6-8-13(9-7-12)20(24)25/h6-9,11,14,18H,10H2,1-5H3,(H,21,22)/t14-/m0/s1. The van der Waals surface area contributed by atoms with E-state index in [4.69, 9.17) is 4.74 Å². The van der Waals surface area contributed by atoms with Gasteiger partial charge in [-0.3, -0.25) is 15.5 Å². The molecule has 9 nitrogen and oxygen atoms in total. The molecule has 1 rings (SSSR count). The highest BCUT2D eigenvalue weighted by molar-refractivity contribution is 5.81. The van der Waals surface area contributed by atoms with E-state index < -0.39 is 28.6 Å². The van der Waals surface area contributed by atoms with Gasteiger partial charge in [-0.05, 0) is 45.2 Å². The fraction of sp³-hybridized carbons (Fsp3) is 0.529. The van der Waals surface area contributed by atoms with E-state index in [1.807, 2.05) is 13.8 Å². The lowest BCUT2D eigenvalue weighted by Crippen LogP contribution is -2.50. The molecule has 1 aromatic carbocycles. The number of carbonyl (C=O) groups excluding carboxylic acids is 1. The van der Waals surface area contributed by atoms with Crippen LogP contribution in [0.4, 0.5) is 16.2 Å². The van der Waals surface area contributed by atoms with Crippen molar-refractivity contribution in [3.05, 3.63) is 34.4 Å². The third kappa shape index (κ3) is 6.58. The van der Waals surface area contributed by atoms with Gasteiger partial charge in [-0.25, -0.2) is 14.6 Å². The molecule has 0 fully saturated rings. The Morgan fingerprint density at radius 1 is 1.27 bits per heavy atom. The molecule has 0 aliphatic carbocycles. The summed E-state index contributed by atoms with van der Waals surface area (Å²) in [5, 5.41) is 21.2. The van der Waals surface area contributed by atoms with E-state index in [9.17, 15) is 24.8 Å². The molecule has 0 aliphatic rings. The van der Waals surface area contributed by atoms with Crippen LogP contribution in [0.1, 0.15) is 41.0 Å². The molecule has 9 heteroatoms. The summed E-state index contributed by atoms with van der Waals surface area (Å²) in [5.41, 5.74) is 2.11. The van der Waals surface area contributed by atoms with E-state index in [1.54, 1.807) is 20.8 Å². The first kappa shape index (κ1) is 21.2. The summed E-state index contributed by atoms with van der Waals surface area (Å²) in [4.78, 5) is 34.4. The average Bonchev–Trinajstić information content (AvgIpc) is 2.48. The summed E-state index contributed by atoms with van der Waals surface area (Å²) in [5.74, 6) is -1.17. The van der Waals surface area contributed by atoms with Crippen molar-refractivity contribution in [2.45, 2.75) is 52.7 Å². The van der Waals surface area contributed by atoms with Gasteiger partial charge in [0.1, 0.15) is 5.60 Å². The second kappa shape index (κ2) is 8.50. The molecule has 0 bridgehead atoms. The molecule has 0 aliphatic heterocycles. The number of aliphatic carboxylic acids is 1.